The van der Waals surface area contributed by atoms with E-state index in [1.807, 2.05) is 12.1 Å². The van der Waals surface area contributed by atoms with Crippen molar-refractivity contribution >= 4 is 11.6 Å². The van der Waals surface area contributed by atoms with E-state index in [1.165, 1.54) is 0 Å². The molecule has 4 heteroatoms. The molecule has 1 aromatic carbocycles. The average Bonchev–Trinajstić information content (AvgIpc) is 2.18. The molecule has 1 atom stereocenters. The smallest absolute Gasteiger partial charge is 0.241 e. The van der Waals surface area contributed by atoms with E-state index >= 15 is 0 Å². The number of anilines is 1. The third-order valence-electron chi connectivity index (χ3n) is 1.78. The van der Waals surface area contributed by atoms with Gasteiger partial charge in [0.25, 0.3) is 0 Å². The maximum Gasteiger partial charge on any atom is 0.241 e. The van der Waals surface area contributed by atoms with Crippen molar-refractivity contribution in [1.29, 1.82) is 0 Å². The van der Waals surface area contributed by atoms with E-state index in [0.29, 0.717) is 11.4 Å². The van der Waals surface area contributed by atoms with Crippen molar-refractivity contribution in [3.05, 3.63) is 24.3 Å². The number of para-hydroxylation sites is 2. The zero-order valence-corrected chi connectivity index (χ0v) is 8.28. The number of nitrogens with two attached hydrogens (primary N) is 1. The molecule has 3 N–H and O–H groups in total. The minimum absolute atomic E-state index is 0.227. The Kier molecular flexibility index (Phi) is 3.48. The highest BCUT2D eigenvalue weighted by Gasteiger charge is 2.09. The molecule has 0 bridgehead atoms. The Labute approximate surface area is 83.1 Å². The first-order valence-corrected chi connectivity index (χ1v) is 4.34. The van der Waals surface area contributed by atoms with Crippen molar-refractivity contribution in [2.45, 2.75) is 13.0 Å². The fourth-order valence-corrected chi connectivity index (χ4v) is 0.994. The number of nitrogens with one attached hydrogen (secondary N) is 1. The van der Waals surface area contributed by atoms with Crippen LogP contribution in [0.5, 0.6) is 5.75 Å². The van der Waals surface area contributed by atoms with Gasteiger partial charge in [-0.2, -0.15) is 0 Å². The lowest BCUT2D eigenvalue weighted by Crippen LogP contribution is -2.32. The predicted molar refractivity (Wildman–Crippen MR) is 55.3 cm³/mol. The van der Waals surface area contributed by atoms with Gasteiger partial charge in [0.2, 0.25) is 5.91 Å². The van der Waals surface area contributed by atoms with Gasteiger partial charge in [-0.15, -0.1) is 0 Å². The second-order valence-corrected chi connectivity index (χ2v) is 2.98. The summed E-state index contributed by atoms with van der Waals surface area (Å²) in [5, 5.41) is 2.67. The number of methoxy groups -OCH3 is 1. The number of ether oxygens (including phenoxy) is 1. The number of carbonyl (C=O) groups excluding carboxylic acids is 1. The van der Waals surface area contributed by atoms with Crippen LogP contribution < -0.4 is 15.8 Å². The Bertz CT molecular complexity index is 324. The quantitative estimate of drug-likeness (QED) is 0.753. The van der Waals surface area contributed by atoms with Crippen LogP contribution >= 0.6 is 0 Å². The van der Waals surface area contributed by atoms with Gasteiger partial charge in [0.05, 0.1) is 18.8 Å². The Balaban J connectivity index is 2.80. The van der Waals surface area contributed by atoms with Gasteiger partial charge >= 0.3 is 0 Å². The van der Waals surface area contributed by atoms with Gasteiger partial charge in [-0.1, -0.05) is 12.1 Å². The molecule has 1 amide bonds. The van der Waals surface area contributed by atoms with Crippen LogP contribution in [0.1, 0.15) is 6.92 Å². The van der Waals surface area contributed by atoms with E-state index in [0.717, 1.165) is 0 Å². The van der Waals surface area contributed by atoms with E-state index in [2.05, 4.69) is 5.32 Å². The Morgan fingerprint density at radius 1 is 1.50 bits per heavy atom. The van der Waals surface area contributed by atoms with Crippen molar-refractivity contribution in [2.24, 2.45) is 5.73 Å². The highest BCUT2D eigenvalue weighted by Crippen LogP contribution is 2.22. The monoisotopic (exact) mass is 194 g/mol. The molecule has 0 radical (unpaired) electrons. The lowest BCUT2D eigenvalue weighted by molar-refractivity contribution is -0.117. The van der Waals surface area contributed by atoms with Gasteiger partial charge in [0, 0.05) is 0 Å². The minimum atomic E-state index is -0.528. The molecule has 0 aliphatic heterocycles. The van der Waals surface area contributed by atoms with Crippen LogP contribution in [0.25, 0.3) is 0 Å². The first-order chi connectivity index (χ1) is 6.65. The average molecular weight is 194 g/mol. The Morgan fingerprint density at radius 3 is 2.71 bits per heavy atom. The normalized spacial score (nSPS) is 11.9. The number of hydrogen-bond donors (Lipinski definition) is 2. The first kappa shape index (κ1) is 10.5. The molecule has 0 aliphatic rings. The number of carbonyl (C=O) groups is 1. The van der Waals surface area contributed by atoms with Crippen molar-refractivity contribution in [1.82, 2.24) is 0 Å². The van der Waals surface area contributed by atoms with Gasteiger partial charge in [-0.05, 0) is 19.1 Å². The minimum Gasteiger partial charge on any atom is -0.495 e. The molecule has 0 aromatic heterocycles. The molecule has 1 unspecified atom stereocenters. The zero-order chi connectivity index (χ0) is 10.6. The van der Waals surface area contributed by atoms with Crippen molar-refractivity contribution in [2.75, 3.05) is 12.4 Å². The van der Waals surface area contributed by atoms with Crippen LogP contribution in [0.2, 0.25) is 0 Å². The highest BCUT2D eigenvalue weighted by atomic mass is 16.5. The fraction of sp³-hybridized carbons (Fsp3) is 0.300. The summed E-state index contributed by atoms with van der Waals surface area (Å²) in [4.78, 5) is 11.3. The summed E-state index contributed by atoms with van der Waals surface area (Å²) >= 11 is 0. The van der Waals surface area contributed by atoms with E-state index < -0.39 is 6.04 Å². The van der Waals surface area contributed by atoms with Gasteiger partial charge in [-0.3, -0.25) is 4.79 Å². The predicted octanol–water partition coefficient (Wildman–Crippen LogP) is 0.981. The van der Waals surface area contributed by atoms with Crippen molar-refractivity contribution < 1.29 is 9.53 Å². The summed E-state index contributed by atoms with van der Waals surface area (Å²) in [5.41, 5.74) is 6.06. The van der Waals surface area contributed by atoms with Gasteiger partial charge in [-0.25, -0.2) is 0 Å². The SMILES string of the molecule is COc1ccccc1NC(=O)C(C)N. The molecule has 1 aromatic rings. The van der Waals surface area contributed by atoms with Crippen LogP contribution in [-0.4, -0.2) is 19.1 Å². The first-order valence-electron chi connectivity index (χ1n) is 4.34. The van der Waals surface area contributed by atoms with E-state index in [-0.39, 0.29) is 5.91 Å². The van der Waals surface area contributed by atoms with Gasteiger partial charge in [0.1, 0.15) is 5.75 Å². The van der Waals surface area contributed by atoms with E-state index in [4.69, 9.17) is 10.5 Å². The molecule has 4 nitrogen and oxygen atoms in total. The van der Waals surface area contributed by atoms with E-state index in [1.54, 1.807) is 26.2 Å². The van der Waals surface area contributed by atoms with Crippen LogP contribution in [0.4, 0.5) is 5.69 Å². The number of amides is 1. The van der Waals surface area contributed by atoms with Crippen LogP contribution in [-0.2, 0) is 4.79 Å². The van der Waals surface area contributed by atoms with Crippen LogP contribution in [0, 0.1) is 0 Å². The molecule has 76 valence electrons. The molecular formula is C10H14N2O2. The third-order valence-corrected chi connectivity index (χ3v) is 1.78. The molecule has 0 saturated heterocycles. The van der Waals surface area contributed by atoms with Crippen molar-refractivity contribution in [3.63, 3.8) is 0 Å². The molecule has 0 saturated carbocycles. The lowest BCUT2D eigenvalue weighted by atomic mass is 10.2. The second kappa shape index (κ2) is 4.62. The van der Waals surface area contributed by atoms with Gasteiger partial charge in [0.15, 0.2) is 0 Å². The van der Waals surface area contributed by atoms with Gasteiger partial charge < -0.3 is 15.8 Å². The summed E-state index contributed by atoms with van der Waals surface area (Å²) in [7, 11) is 1.55. The topological polar surface area (TPSA) is 64.3 Å². The standard InChI is InChI=1S/C10H14N2O2/c1-7(11)10(13)12-8-5-3-4-6-9(8)14-2/h3-7H,11H2,1-2H3,(H,12,13). The molecule has 0 fully saturated rings. The maximum absolute atomic E-state index is 11.3. The maximum atomic E-state index is 11.3. The van der Waals surface area contributed by atoms with Crippen LogP contribution in [0.15, 0.2) is 24.3 Å². The summed E-state index contributed by atoms with van der Waals surface area (Å²) in [5.74, 6) is 0.399. The Hall–Kier alpha value is -1.55. The summed E-state index contributed by atoms with van der Waals surface area (Å²) in [6.45, 7) is 1.63. The second-order valence-electron chi connectivity index (χ2n) is 2.98. The van der Waals surface area contributed by atoms with Crippen molar-refractivity contribution in [3.8, 4) is 5.75 Å². The lowest BCUT2D eigenvalue weighted by Gasteiger charge is -2.10. The molecule has 0 heterocycles. The third kappa shape index (κ3) is 2.47. The molecule has 1 rings (SSSR count). The number of hydrogen-bond acceptors (Lipinski definition) is 3. The number of benzene rings is 1. The molecule has 14 heavy (non-hydrogen) atoms. The largest absolute Gasteiger partial charge is 0.495 e. The molecular weight excluding hydrogens is 180 g/mol. The Morgan fingerprint density at radius 2 is 2.14 bits per heavy atom. The fourth-order valence-electron chi connectivity index (χ4n) is 0.994. The summed E-state index contributed by atoms with van der Waals surface area (Å²) < 4.78 is 5.07. The number of rotatable bonds is 3. The molecule has 0 aliphatic carbocycles. The highest BCUT2D eigenvalue weighted by molar-refractivity contribution is 5.95. The summed E-state index contributed by atoms with van der Waals surface area (Å²) in [6, 6.07) is 6.66. The van der Waals surface area contributed by atoms with E-state index in [9.17, 15) is 4.79 Å². The van der Waals surface area contributed by atoms with Crippen LogP contribution in [0.3, 0.4) is 0 Å². The summed E-state index contributed by atoms with van der Waals surface area (Å²) in [6.07, 6.45) is 0. The zero-order valence-electron chi connectivity index (χ0n) is 8.28. The molecule has 0 spiro atoms.